The van der Waals surface area contributed by atoms with E-state index in [-0.39, 0.29) is 23.2 Å². The van der Waals surface area contributed by atoms with Gasteiger partial charge in [-0.05, 0) is 25.8 Å². The van der Waals surface area contributed by atoms with Crippen LogP contribution in [0, 0.1) is 11.3 Å². The van der Waals surface area contributed by atoms with Crippen LogP contribution in [0.1, 0.15) is 25.3 Å². The molecule has 3 rings (SSSR count). The molecule has 1 aromatic rings. The van der Waals surface area contributed by atoms with Gasteiger partial charge in [-0.25, -0.2) is 4.98 Å². The third-order valence-corrected chi connectivity index (χ3v) is 4.25. The van der Waals surface area contributed by atoms with Gasteiger partial charge in [-0.3, -0.25) is 15.6 Å². The Morgan fingerprint density at radius 1 is 1.50 bits per heavy atom. The third kappa shape index (κ3) is 2.93. The molecule has 2 heterocycles. The molecule has 2 aliphatic rings. The van der Waals surface area contributed by atoms with Gasteiger partial charge in [-0.1, -0.05) is 0 Å². The van der Waals surface area contributed by atoms with E-state index < -0.39 is 12.6 Å². The second kappa shape index (κ2) is 6.14. The Morgan fingerprint density at radius 2 is 2.21 bits per heavy atom. The topological polar surface area (TPSA) is 93.5 Å². The molecule has 1 aromatic heterocycles. The van der Waals surface area contributed by atoms with Gasteiger partial charge in [0.15, 0.2) is 5.82 Å². The maximum atomic E-state index is 12.4. The molecular weight excluding hydrogens is 318 g/mol. The summed E-state index contributed by atoms with van der Waals surface area (Å²) in [5.74, 6) is 0.326. The molecule has 0 saturated heterocycles. The van der Waals surface area contributed by atoms with E-state index in [0.29, 0.717) is 17.1 Å². The van der Waals surface area contributed by atoms with Crippen LogP contribution in [0.2, 0.25) is 0 Å². The maximum Gasteiger partial charge on any atom is 0.327 e. The van der Waals surface area contributed by atoms with Crippen molar-refractivity contribution in [3.05, 3.63) is 17.8 Å². The molecule has 128 valence electrons. The Hall–Kier alpha value is -2.58. The molecule has 0 bridgehead atoms. The molecule has 1 aliphatic carbocycles. The number of carbonyl (C=O) groups is 1. The number of rotatable bonds is 4. The fraction of sp³-hybridized carbons (Fsp3) is 0.467. The number of hydrazone groups is 1. The van der Waals surface area contributed by atoms with E-state index in [1.165, 1.54) is 6.20 Å². The Labute approximate surface area is 137 Å². The highest BCUT2D eigenvalue weighted by Crippen LogP contribution is 2.36. The lowest BCUT2D eigenvalue weighted by Crippen LogP contribution is -2.46. The number of halogens is 2. The van der Waals surface area contributed by atoms with Crippen molar-refractivity contribution in [1.29, 1.82) is 5.41 Å². The first-order chi connectivity index (χ1) is 11.4. The fourth-order valence-electron chi connectivity index (χ4n) is 2.66. The van der Waals surface area contributed by atoms with Crippen LogP contribution in [0.5, 0.6) is 0 Å². The average molecular weight is 336 g/mol. The first-order valence-corrected chi connectivity index (χ1v) is 7.63. The first kappa shape index (κ1) is 16.3. The number of nitrogens with one attached hydrogen (secondary N) is 3. The van der Waals surface area contributed by atoms with Crippen molar-refractivity contribution < 1.29 is 13.6 Å². The highest BCUT2D eigenvalue weighted by molar-refractivity contribution is 6.51. The number of hydrogen-bond acceptors (Lipinski definition) is 6. The highest BCUT2D eigenvalue weighted by Gasteiger charge is 2.35. The molecule has 3 N–H and O–H groups in total. The summed E-state index contributed by atoms with van der Waals surface area (Å²) in [5.41, 5.74) is 3.03. The summed E-state index contributed by atoms with van der Waals surface area (Å²) in [5, 5.41) is 14.8. The summed E-state index contributed by atoms with van der Waals surface area (Å²) in [4.78, 5) is 18.0. The van der Waals surface area contributed by atoms with Crippen molar-refractivity contribution >= 4 is 28.8 Å². The van der Waals surface area contributed by atoms with E-state index in [9.17, 15) is 13.6 Å². The average Bonchev–Trinajstić information content (AvgIpc) is 3.37. The number of amides is 1. The number of pyridine rings is 1. The predicted octanol–water partition coefficient (Wildman–Crippen LogP) is 1.80. The molecular formula is C15H18F2N6O. The molecule has 9 heteroatoms. The van der Waals surface area contributed by atoms with Gasteiger partial charge in [0.25, 0.3) is 0 Å². The second-order valence-corrected chi connectivity index (χ2v) is 5.91. The van der Waals surface area contributed by atoms with Crippen molar-refractivity contribution in [2.45, 2.75) is 32.4 Å². The molecule has 1 atom stereocenters. The Morgan fingerprint density at radius 3 is 2.83 bits per heavy atom. The van der Waals surface area contributed by atoms with Crippen LogP contribution in [-0.4, -0.2) is 42.0 Å². The summed E-state index contributed by atoms with van der Waals surface area (Å²) in [7, 11) is 1.75. The Kier molecular flexibility index (Phi) is 4.16. The molecule has 0 radical (unpaired) electrons. The minimum absolute atomic E-state index is 0.0285. The van der Waals surface area contributed by atoms with Crippen LogP contribution >= 0.6 is 0 Å². The summed E-state index contributed by atoms with van der Waals surface area (Å²) < 4.78 is 24.7. The van der Waals surface area contributed by atoms with E-state index in [0.717, 1.165) is 12.8 Å². The zero-order chi connectivity index (χ0) is 17.4. The molecule has 24 heavy (non-hydrogen) atoms. The summed E-state index contributed by atoms with van der Waals surface area (Å²) in [6.45, 7) is -1.04. The molecule has 1 fully saturated rings. The lowest BCUT2D eigenvalue weighted by Gasteiger charge is -2.35. The predicted molar refractivity (Wildman–Crippen MR) is 86.9 cm³/mol. The van der Waals surface area contributed by atoms with Crippen LogP contribution in [0.4, 0.5) is 20.3 Å². The van der Waals surface area contributed by atoms with Crippen LogP contribution < -0.4 is 15.6 Å². The van der Waals surface area contributed by atoms with Crippen molar-refractivity contribution in [2.24, 2.45) is 11.0 Å². The lowest BCUT2D eigenvalue weighted by atomic mass is 9.94. The van der Waals surface area contributed by atoms with Crippen molar-refractivity contribution in [3.63, 3.8) is 0 Å². The zero-order valence-electron chi connectivity index (χ0n) is 13.3. The van der Waals surface area contributed by atoms with Crippen molar-refractivity contribution in [2.75, 3.05) is 17.3 Å². The quantitative estimate of drug-likeness (QED) is 0.577. The summed E-state index contributed by atoms with van der Waals surface area (Å²) >= 11 is 0. The van der Waals surface area contributed by atoms with Gasteiger partial charge in [-0.15, -0.1) is 0 Å². The SMILES string of the molecule is CC1/C(=N/NC(F)F)C(=N)c2ccnc(NC(=O)C3CC3)c2N1C. The number of aromatic nitrogens is 1. The van der Waals surface area contributed by atoms with Crippen LogP contribution in [0.3, 0.4) is 0 Å². The van der Waals surface area contributed by atoms with E-state index >= 15 is 0 Å². The number of nitrogens with zero attached hydrogens (tertiary/aromatic N) is 3. The van der Waals surface area contributed by atoms with E-state index in [2.05, 4.69) is 15.4 Å². The molecule has 1 unspecified atom stereocenters. The normalized spacial score (nSPS) is 21.9. The van der Waals surface area contributed by atoms with Gasteiger partial charge in [0, 0.05) is 24.7 Å². The Balaban J connectivity index is 1.97. The molecule has 1 amide bonds. The van der Waals surface area contributed by atoms with Gasteiger partial charge in [0.05, 0.1) is 17.4 Å². The number of carbonyl (C=O) groups excluding carboxylic acids is 1. The smallest absolute Gasteiger partial charge is 0.327 e. The van der Waals surface area contributed by atoms with Crippen LogP contribution in [0.15, 0.2) is 17.4 Å². The lowest BCUT2D eigenvalue weighted by molar-refractivity contribution is -0.117. The van der Waals surface area contributed by atoms with Gasteiger partial charge in [0.1, 0.15) is 5.71 Å². The second-order valence-electron chi connectivity index (χ2n) is 5.91. The molecule has 7 nitrogen and oxygen atoms in total. The maximum absolute atomic E-state index is 12.4. The van der Waals surface area contributed by atoms with Gasteiger partial charge >= 0.3 is 6.55 Å². The Bertz CT molecular complexity index is 716. The van der Waals surface area contributed by atoms with Gasteiger partial charge < -0.3 is 10.2 Å². The zero-order valence-corrected chi connectivity index (χ0v) is 13.3. The molecule has 1 saturated carbocycles. The van der Waals surface area contributed by atoms with Crippen LogP contribution in [-0.2, 0) is 4.79 Å². The minimum atomic E-state index is -2.80. The largest absolute Gasteiger partial charge is 0.363 e. The molecule has 1 aliphatic heterocycles. The highest BCUT2D eigenvalue weighted by atomic mass is 19.3. The van der Waals surface area contributed by atoms with E-state index in [1.54, 1.807) is 30.4 Å². The number of fused-ring (bicyclic) bond motifs is 1. The standard InChI is InChI=1S/C15H18F2N6O/c1-7-11(21-22-15(16)17)10(18)9-5-6-19-13(12(9)23(7)2)20-14(24)8-3-4-8/h5-8,15,18,22H,3-4H2,1-2H3,(H,19,20,24)/b18-10?,21-11-. The third-order valence-electron chi connectivity index (χ3n) is 4.25. The van der Waals surface area contributed by atoms with Crippen LogP contribution in [0.25, 0.3) is 0 Å². The first-order valence-electron chi connectivity index (χ1n) is 7.63. The summed E-state index contributed by atoms with van der Waals surface area (Å²) in [6.07, 6.45) is 3.23. The molecule has 0 spiro atoms. The van der Waals surface area contributed by atoms with Crippen molar-refractivity contribution in [3.8, 4) is 0 Å². The summed E-state index contributed by atoms with van der Waals surface area (Å²) in [6, 6.07) is 1.20. The fourth-order valence-corrected chi connectivity index (χ4v) is 2.66. The monoisotopic (exact) mass is 336 g/mol. The van der Waals surface area contributed by atoms with E-state index in [1.807, 2.05) is 0 Å². The van der Waals surface area contributed by atoms with E-state index in [4.69, 9.17) is 5.41 Å². The number of hydrogen-bond donors (Lipinski definition) is 3. The van der Waals surface area contributed by atoms with Gasteiger partial charge in [-0.2, -0.15) is 13.9 Å². The molecule has 0 aromatic carbocycles. The van der Waals surface area contributed by atoms with Gasteiger partial charge in [0.2, 0.25) is 5.91 Å². The number of anilines is 2. The van der Waals surface area contributed by atoms with Crippen molar-refractivity contribution in [1.82, 2.24) is 10.4 Å². The number of alkyl halides is 2. The minimum Gasteiger partial charge on any atom is -0.363 e.